The summed E-state index contributed by atoms with van der Waals surface area (Å²) in [4.78, 5) is 26.2. The topological polar surface area (TPSA) is 138 Å². The van der Waals surface area contributed by atoms with Gasteiger partial charge in [0.15, 0.2) is 17.5 Å². The predicted octanol–water partition coefficient (Wildman–Crippen LogP) is 2.22. The Bertz CT molecular complexity index is 1420. The van der Waals surface area contributed by atoms with Crippen molar-refractivity contribution in [1.29, 1.82) is 0 Å². The lowest BCUT2D eigenvalue weighted by atomic mass is 10.2. The number of nitrogens with zero attached hydrogens (tertiary/aromatic N) is 7. The molecule has 0 unspecified atom stereocenters. The van der Waals surface area contributed by atoms with Crippen molar-refractivity contribution in [1.82, 2.24) is 24.5 Å². The van der Waals surface area contributed by atoms with Gasteiger partial charge in [0.25, 0.3) is 0 Å². The number of fused-ring (bicyclic) bond motifs is 1. The average Bonchev–Trinajstić information content (AvgIpc) is 3.58. The predicted molar refractivity (Wildman–Crippen MR) is 139 cm³/mol. The highest BCUT2D eigenvalue weighted by atomic mass is 19.1. The molecule has 200 valence electrons. The minimum atomic E-state index is -1.10. The molecule has 1 aliphatic rings. The number of rotatable bonds is 9. The third-order valence-corrected chi connectivity index (χ3v) is 6.50. The van der Waals surface area contributed by atoms with Crippen LogP contribution in [0, 0.1) is 5.82 Å². The molecule has 4 aromatic rings. The van der Waals surface area contributed by atoms with Gasteiger partial charge >= 0.3 is 5.97 Å². The number of carbonyl (C=O) groups is 1. The molecule has 13 heteroatoms. The zero-order valence-electron chi connectivity index (χ0n) is 21.1. The second kappa shape index (κ2) is 10.5. The van der Waals surface area contributed by atoms with E-state index in [2.05, 4.69) is 20.0 Å². The SMILES string of the molecule is C[C@H](Oc1ccc(N2CCN(CCN(C)c3nc(N)n4nc(-c5ccco5)cc4n3)CC2)c(F)c1)C(=O)O. The van der Waals surface area contributed by atoms with Crippen molar-refractivity contribution in [3.05, 3.63) is 48.5 Å². The summed E-state index contributed by atoms with van der Waals surface area (Å²) in [5, 5.41) is 13.4. The fraction of sp³-hybridized carbons (Fsp3) is 0.360. The first-order valence-corrected chi connectivity index (χ1v) is 12.2. The molecule has 5 rings (SSSR count). The summed E-state index contributed by atoms with van der Waals surface area (Å²) >= 11 is 0. The normalized spacial score (nSPS) is 15.1. The van der Waals surface area contributed by atoms with E-state index in [1.54, 1.807) is 30.5 Å². The molecule has 1 atom stereocenters. The first-order valence-electron chi connectivity index (χ1n) is 12.2. The molecule has 0 radical (unpaired) electrons. The van der Waals surface area contributed by atoms with Crippen molar-refractivity contribution >= 4 is 29.2 Å². The zero-order valence-corrected chi connectivity index (χ0v) is 21.1. The summed E-state index contributed by atoms with van der Waals surface area (Å²) in [5.41, 5.74) is 7.82. The molecule has 0 amide bonds. The van der Waals surface area contributed by atoms with Gasteiger partial charge in [0, 0.05) is 58.4 Å². The number of aliphatic carboxylic acids is 1. The van der Waals surface area contributed by atoms with Gasteiger partial charge in [0.2, 0.25) is 11.9 Å². The minimum absolute atomic E-state index is 0.192. The van der Waals surface area contributed by atoms with Gasteiger partial charge in [-0.3, -0.25) is 4.90 Å². The zero-order chi connectivity index (χ0) is 26.8. The summed E-state index contributed by atoms with van der Waals surface area (Å²) in [7, 11) is 1.91. The Hall–Kier alpha value is -4.39. The van der Waals surface area contributed by atoms with E-state index in [0.717, 1.165) is 19.6 Å². The molecule has 3 aromatic heterocycles. The van der Waals surface area contributed by atoms with Crippen molar-refractivity contribution in [2.75, 3.05) is 61.8 Å². The van der Waals surface area contributed by atoms with Crippen LogP contribution >= 0.6 is 0 Å². The van der Waals surface area contributed by atoms with Crippen molar-refractivity contribution < 1.29 is 23.4 Å². The highest BCUT2D eigenvalue weighted by molar-refractivity contribution is 5.72. The standard InChI is InChI=1S/C25H29FN8O4/c1-16(23(35)36)38-17-5-6-20(18(26)14-17)33-11-9-32(10-12-33)8-7-31(2)25-28-22-15-19(21-4-3-13-37-21)30-34(22)24(27)29-25/h3-6,13-16H,7-12H2,1-2H3,(H,35,36)(H2,27,28,29)/t16-/m0/s1. The molecule has 0 bridgehead atoms. The number of piperazine rings is 1. The number of carboxylic acid groups (broad SMARTS) is 1. The molecule has 1 aromatic carbocycles. The van der Waals surface area contributed by atoms with Gasteiger partial charge in [0.05, 0.1) is 12.0 Å². The second-order valence-electron chi connectivity index (χ2n) is 9.12. The number of aromatic nitrogens is 4. The molecule has 0 aliphatic carbocycles. The van der Waals surface area contributed by atoms with E-state index in [0.29, 0.717) is 48.4 Å². The molecule has 1 aliphatic heterocycles. The van der Waals surface area contributed by atoms with Crippen LogP contribution in [-0.2, 0) is 4.79 Å². The smallest absolute Gasteiger partial charge is 0.344 e. The number of anilines is 3. The van der Waals surface area contributed by atoms with E-state index >= 15 is 0 Å². The maximum absolute atomic E-state index is 14.7. The van der Waals surface area contributed by atoms with E-state index in [9.17, 15) is 9.18 Å². The van der Waals surface area contributed by atoms with Gasteiger partial charge in [-0.25, -0.2) is 9.18 Å². The van der Waals surface area contributed by atoms with Gasteiger partial charge in [-0.05, 0) is 31.2 Å². The number of hydrogen-bond donors (Lipinski definition) is 2. The lowest BCUT2D eigenvalue weighted by Gasteiger charge is -2.36. The fourth-order valence-corrected chi connectivity index (χ4v) is 4.29. The van der Waals surface area contributed by atoms with Crippen LogP contribution in [0.5, 0.6) is 5.75 Å². The number of halogens is 1. The molecule has 38 heavy (non-hydrogen) atoms. The van der Waals surface area contributed by atoms with Crippen LogP contribution in [0.1, 0.15) is 6.92 Å². The monoisotopic (exact) mass is 524 g/mol. The lowest BCUT2D eigenvalue weighted by Crippen LogP contribution is -2.48. The molecule has 3 N–H and O–H groups in total. The first-order chi connectivity index (χ1) is 18.3. The lowest BCUT2D eigenvalue weighted by molar-refractivity contribution is -0.144. The summed E-state index contributed by atoms with van der Waals surface area (Å²) in [6, 6.07) is 9.88. The van der Waals surface area contributed by atoms with Gasteiger partial charge in [-0.2, -0.15) is 19.6 Å². The van der Waals surface area contributed by atoms with Crippen LogP contribution in [0.15, 0.2) is 47.1 Å². The number of furan rings is 1. The summed E-state index contributed by atoms with van der Waals surface area (Å²) in [6.45, 7) is 5.70. The van der Waals surface area contributed by atoms with Crippen molar-refractivity contribution in [3.63, 3.8) is 0 Å². The number of likely N-dealkylation sites (N-methyl/N-ethyl adjacent to an activating group) is 1. The summed E-state index contributed by atoms with van der Waals surface area (Å²) in [5.74, 6) is 0.0134. The third-order valence-electron chi connectivity index (χ3n) is 6.50. The van der Waals surface area contributed by atoms with Crippen molar-refractivity contribution in [2.45, 2.75) is 13.0 Å². The van der Waals surface area contributed by atoms with E-state index in [4.69, 9.17) is 20.0 Å². The number of carboxylic acids is 1. The number of hydrogen-bond acceptors (Lipinski definition) is 10. The number of ether oxygens (including phenoxy) is 1. The van der Waals surface area contributed by atoms with Crippen LogP contribution in [0.4, 0.5) is 22.0 Å². The molecule has 1 saturated heterocycles. The second-order valence-corrected chi connectivity index (χ2v) is 9.12. The third kappa shape index (κ3) is 5.32. The van der Waals surface area contributed by atoms with Gasteiger partial charge < -0.3 is 29.8 Å². The number of nitrogen functional groups attached to an aromatic ring is 1. The average molecular weight is 525 g/mol. The Kier molecular flexibility index (Phi) is 7.01. The van der Waals surface area contributed by atoms with E-state index in [1.807, 2.05) is 22.9 Å². The highest BCUT2D eigenvalue weighted by Gasteiger charge is 2.22. The minimum Gasteiger partial charge on any atom is -0.479 e. The molecule has 4 heterocycles. The van der Waals surface area contributed by atoms with Crippen LogP contribution in [-0.4, -0.2) is 88.0 Å². The number of benzene rings is 1. The molecule has 1 fully saturated rings. The van der Waals surface area contributed by atoms with Gasteiger partial charge in [-0.15, -0.1) is 0 Å². The largest absolute Gasteiger partial charge is 0.479 e. The maximum atomic E-state index is 14.7. The number of nitrogens with two attached hydrogens (primary N) is 1. The van der Waals surface area contributed by atoms with Gasteiger partial charge in [-0.1, -0.05) is 0 Å². The molecular formula is C25H29FN8O4. The first kappa shape index (κ1) is 25.3. The molecule has 0 spiro atoms. The van der Waals surface area contributed by atoms with E-state index in [1.165, 1.54) is 17.5 Å². The van der Waals surface area contributed by atoms with Crippen molar-refractivity contribution in [2.24, 2.45) is 0 Å². The molecule has 12 nitrogen and oxygen atoms in total. The Morgan fingerprint density at radius 3 is 2.71 bits per heavy atom. The summed E-state index contributed by atoms with van der Waals surface area (Å²) in [6.07, 6.45) is 0.532. The van der Waals surface area contributed by atoms with E-state index < -0.39 is 17.9 Å². The van der Waals surface area contributed by atoms with E-state index in [-0.39, 0.29) is 11.7 Å². The summed E-state index contributed by atoms with van der Waals surface area (Å²) < 4.78 is 26.9. The maximum Gasteiger partial charge on any atom is 0.344 e. The van der Waals surface area contributed by atoms with Crippen LogP contribution in [0.3, 0.4) is 0 Å². The Labute approximate surface area is 218 Å². The fourth-order valence-electron chi connectivity index (χ4n) is 4.29. The van der Waals surface area contributed by atoms with Crippen LogP contribution in [0.25, 0.3) is 17.1 Å². The Morgan fingerprint density at radius 1 is 1.24 bits per heavy atom. The van der Waals surface area contributed by atoms with Crippen molar-refractivity contribution in [3.8, 4) is 17.2 Å². The Morgan fingerprint density at radius 2 is 2.03 bits per heavy atom. The molecule has 0 saturated carbocycles. The van der Waals surface area contributed by atoms with Crippen LogP contribution < -0.4 is 20.3 Å². The molecular weight excluding hydrogens is 495 g/mol. The Balaban J connectivity index is 1.15. The quantitative estimate of drug-likeness (QED) is 0.333. The van der Waals surface area contributed by atoms with Crippen LogP contribution in [0.2, 0.25) is 0 Å². The highest BCUT2D eigenvalue weighted by Crippen LogP contribution is 2.26. The van der Waals surface area contributed by atoms with Gasteiger partial charge in [0.1, 0.15) is 17.3 Å².